The molecule has 0 saturated carbocycles. The lowest BCUT2D eigenvalue weighted by Gasteiger charge is -1.98. The van der Waals surface area contributed by atoms with Crippen molar-refractivity contribution in [2.45, 2.75) is 20.4 Å². The molecular formula is C8H12N2. The number of rotatable bonds is 2. The van der Waals surface area contributed by atoms with Gasteiger partial charge in [-0.1, -0.05) is 11.6 Å². The zero-order chi connectivity index (χ0) is 7.40. The minimum absolute atomic E-state index is 0.906. The Kier molecular flexibility index (Phi) is 2.26. The van der Waals surface area contributed by atoms with Crippen LogP contribution in [0.1, 0.15) is 13.8 Å². The SMILES string of the molecule is C/C=C(/C)Cn1cccn1. The molecule has 1 aromatic heterocycles. The van der Waals surface area contributed by atoms with Crippen LogP contribution >= 0.6 is 0 Å². The van der Waals surface area contributed by atoms with Gasteiger partial charge in [0.25, 0.3) is 0 Å². The molecule has 0 spiro atoms. The number of aromatic nitrogens is 2. The second-order valence-corrected chi connectivity index (χ2v) is 2.34. The Hall–Kier alpha value is -1.05. The largest absolute Gasteiger partial charge is 0.269 e. The van der Waals surface area contributed by atoms with Crippen molar-refractivity contribution in [3.63, 3.8) is 0 Å². The molecule has 0 radical (unpaired) electrons. The van der Waals surface area contributed by atoms with E-state index in [0.29, 0.717) is 0 Å². The molecule has 0 fully saturated rings. The van der Waals surface area contributed by atoms with E-state index in [-0.39, 0.29) is 0 Å². The van der Waals surface area contributed by atoms with Crippen LogP contribution in [0.5, 0.6) is 0 Å². The van der Waals surface area contributed by atoms with E-state index in [1.54, 1.807) is 6.20 Å². The van der Waals surface area contributed by atoms with Crippen molar-refractivity contribution in [2.75, 3.05) is 0 Å². The normalized spacial score (nSPS) is 12.0. The first-order valence-electron chi connectivity index (χ1n) is 3.42. The van der Waals surface area contributed by atoms with Crippen LogP contribution in [0.2, 0.25) is 0 Å². The predicted molar refractivity (Wildman–Crippen MR) is 41.7 cm³/mol. The van der Waals surface area contributed by atoms with Crippen LogP contribution in [0, 0.1) is 0 Å². The Bertz CT molecular complexity index is 209. The van der Waals surface area contributed by atoms with E-state index in [4.69, 9.17) is 0 Å². The van der Waals surface area contributed by atoms with Gasteiger partial charge in [-0.15, -0.1) is 0 Å². The highest BCUT2D eigenvalue weighted by Crippen LogP contribution is 1.95. The summed E-state index contributed by atoms with van der Waals surface area (Å²) in [4.78, 5) is 0. The third-order valence-electron chi connectivity index (χ3n) is 1.46. The second kappa shape index (κ2) is 3.20. The van der Waals surface area contributed by atoms with Gasteiger partial charge in [-0.25, -0.2) is 0 Å². The minimum Gasteiger partial charge on any atom is -0.269 e. The highest BCUT2D eigenvalue weighted by molar-refractivity contribution is 4.96. The van der Waals surface area contributed by atoms with E-state index in [0.717, 1.165) is 6.54 Å². The van der Waals surface area contributed by atoms with Gasteiger partial charge in [-0.05, 0) is 19.9 Å². The monoisotopic (exact) mass is 136 g/mol. The Morgan fingerprint density at radius 3 is 3.00 bits per heavy atom. The maximum atomic E-state index is 4.08. The van der Waals surface area contributed by atoms with Gasteiger partial charge in [0.15, 0.2) is 0 Å². The van der Waals surface area contributed by atoms with Gasteiger partial charge in [0.1, 0.15) is 0 Å². The van der Waals surface area contributed by atoms with Gasteiger partial charge < -0.3 is 0 Å². The van der Waals surface area contributed by atoms with Crippen LogP contribution in [0.3, 0.4) is 0 Å². The summed E-state index contributed by atoms with van der Waals surface area (Å²) in [7, 11) is 0. The average Bonchev–Trinajstić information content (AvgIpc) is 2.40. The zero-order valence-electron chi connectivity index (χ0n) is 6.41. The molecule has 1 rings (SSSR count). The van der Waals surface area contributed by atoms with Crippen molar-refractivity contribution >= 4 is 0 Å². The van der Waals surface area contributed by atoms with Gasteiger partial charge in [0, 0.05) is 12.4 Å². The summed E-state index contributed by atoms with van der Waals surface area (Å²) in [6, 6.07) is 1.93. The Morgan fingerprint density at radius 2 is 2.50 bits per heavy atom. The van der Waals surface area contributed by atoms with Crippen LogP contribution in [0.25, 0.3) is 0 Å². The van der Waals surface area contributed by atoms with Crippen LogP contribution in [0.15, 0.2) is 30.1 Å². The number of hydrogen-bond acceptors (Lipinski definition) is 1. The molecule has 0 aromatic carbocycles. The summed E-state index contributed by atoms with van der Waals surface area (Å²) in [6.45, 7) is 5.05. The molecule has 0 aliphatic carbocycles. The fourth-order valence-electron chi connectivity index (χ4n) is 0.741. The van der Waals surface area contributed by atoms with Gasteiger partial charge in [-0.3, -0.25) is 4.68 Å². The second-order valence-electron chi connectivity index (χ2n) is 2.34. The molecular weight excluding hydrogens is 124 g/mol. The summed E-state index contributed by atoms with van der Waals surface area (Å²) in [5, 5.41) is 4.08. The lowest BCUT2D eigenvalue weighted by Crippen LogP contribution is -1.98. The van der Waals surface area contributed by atoms with Gasteiger partial charge in [0.2, 0.25) is 0 Å². The summed E-state index contributed by atoms with van der Waals surface area (Å²) in [5.41, 5.74) is 1.34. The quantitative estimate of drug-likeness (QED) is 0.567. The van der Waals surface area contributed by atoms with E-state index in [2.05, 4.69) is 18.1 Å². The lowest BCUT2D eigenvalue weighted by molar-refractivity contribution is 0.676. The maximum Gasteiger partial charge on any atom is 0.0616 e. The first kappa shape index (κ1) is 7.06. The predicted octanol–water partition coefficient (Wildman–Crippen LogP) is 1.85. The van der Waals surface area contributed by atoms with Crippen LogP contribution < -0.4 is 0 Å². The highest BCUT2D eigenvalue weighted by atomic mass is 15.3. The summed E-state index contributed by atoms with van der Waals surface area (Å²) in [6.07, 6.45) is 5.86. The van der Waals surface area contributed by atoms with Gasteiger partial charge in [0.05, 0.1) is 6.54 Å². The third-order valence-corrected chi connectivity index (χ3v) is 1.46. The van der Waals surface area contributed by atoms with Gasteiger partial charge in [-0.2, -0.15) is 5.10 Å². The Morgan fingerprint density at radius 1 is 1.70 bits per heavy atom. The molecule has 0 saturated heterocycles. The topological polar surface area (TPSA) is 17.8 Å². The molecule has 54 valence electrons. The molecule has 0 atom stereocenters. The van der Waals surface area contributed by atoms with E-state index in [1.807, 2.05) is 23.9 Å². The molecule has 1 heterocycles. The van der Waals surface area contributed by atoms with E-state index >= 15 is 0 Å². The summed E-state index contributed by atoms with van der Waals surface area (Å²) in [5.74, 6) is 0. The Labute approximate surface area is 61.2 Å². The molecule has 0 N–H and O–H groups in total. The molecule has 0 unspecified atom stereocenters. The lowest BCUT2D eigenvalue weighted by atomic mass is 10.3. The maximum absolute atomic E-state index is 4.08. The first-order valence-corrected chi connectivity index (χ1v) is 3.42. The van der Waals surface area contributed by atoms with Crippen molar-refractivity contribution < 1.29 is 0 Å². The number of allylic oxidation sites excluding steroid dienone is 2. The fourth-order valence-corrected chi connectivity index (χ4v) is 0.741. The molecule has 2 nitrogen and oxygen atoms in total. The molecule has 0 amide bonds. The molecule has 2 heteroatoms. The molecule has 0 aliphatic rings. The van der Waals surface area contributed by atoms with Crippen molar-refractivity contribution in [1.82, 2.24) is 9.78 Å². The number of hydrogen-bond donors (Lipinski definition) is 0. The van der Waals surface area contributed by atoms with E-state index in [9.17, 15) is 0 Å². The standard InChI is InChI=1S/C8H12N2/c1-3-8(2)7-10-6-4-5-9-10/h3-6H,7H2,1-2H3/b8-3-. The highest BCUT2D eigenvalue weighted by Gasteiger charge is 1.88. The van der Waals surface area contributed by atoms with Crippen LogP contribution in [-0.4, -0.2) is 9.78 Å². The van der Waals surface area contributed by atoms with Crippen molar-refractivity contribution in [3.8, 4) is 0 Å². The number of nitrogens with zero attached hydrogens (tertiary/aromatic N) is 2. The fraction of sp³-hybridized carbons (Fsp3) is 0.375. The van der Waals surface area contributed by atoms with Crippen LogP contribution in [-0.2, 0) is 6.54 Å². The zero-order valence-corrected chi connectivity index (χ0v) is 6.41. The van der Waals surface area contributed by atoms with Crippen LogP contribution in [0.4, 0.5) is 0 Å². The van der Waals surface area contributed by atoms with Crippen molar-refractivity contribution in [2.24, 2.45) is 0 Å². The van der Waals surface area contributed by atoms with Crippen molar-refractivity contribution in [3.05, 3.63) is 30.1 Å². The first-order chi connectivity index (χ1) is 4.83. The van der Waals surface area contributed by atoms with Crippen molar-refractivity contribution in [1.29, 1.82) is 0 Å². The summed E-state index contributed by atoms with van der Waals surface area (Å²) >= 11 is 0. The van der Waals surface area contributed by atoms with E-state index in [1.165, 1.54) is 5.57 Å². The molecule has 1 aromatic rings. The summed E-state index contributed by atoms with van der Waals surface area (Å²) < 4.78 is 1.91. The third kappa shape index (κ3) is 1.72. The minimum atomic E-state index is 0.906. The average molecular weight is 136 g/mol. The van der Waals surface area contributed by atoms with Gasteiger partial charge >= 0.3 is 0 Å². The van der Waals surface area contributed by atoms with E-state index < -0.39 is 0 Å². The molecule has 10 heavy (non-hydrogen) atoms. The smallest absolute Gasteiger partial charge is 0.0616 e. The molecule has 0 aliphatic heterocycles. The Balaban J connectivity index is 2.56. The molecule has 0 bridgehead atoms.